The zero-order valence-corrected chi connectivity index (χ0v) is 19.9. The normalized spacial score (nSPS) is 10.6. The number of anilines is 1. The number of carbonyl (C=O) groups is 2. The molecule has 0 heterocycles. The molecule has 0 saturated heterocycles. The van der Waals surface area contributed by atoms with Crippen LogP contribution in [-0.4, -0.2) is 23.8 Å². The summed E-state index contributed by atoms with van der Waals surface area (Å²) in [5.74, 6) is -1.34. The molecule has 4 nitrogen and oxygen atoms in total. The SMILES string of the molecule is CN(Cc1ccccc1)C(=O)Cc1cccc(N(Cc2ccc(F)cc2)C(=O)c2cccc(F)c2)c1. The fourth-order valence-electron chi connectivity index (χ4n) is 3.92. The van der Waals surface area contributed by atoms with E-state index in [1.54, 1.807) is 48.3 Å². The Bertz CT molecular complexity index is 1340. The number of hydrogen-bond donors (Lipinski definition) is 0. The van der Waals surface area contributed by atoms with Crippen LogP contribution in [0.3, 0.4) is 0 Å². The third kappa shape index (κ3) is 6.42. The van der Waals surface area contributed by atoms with E-state index in [0.29, 0.717) is 17.8 Å². The van der Waals surface area contributed by atoms with Crippen LogP contribution in [-0.2, 0) is 24.3 Å². The van der Waals surface area contributed by atoms with Gasteiger partial charge in [-0.15, -0.1) is 0 Å². The molecule has 4 aromatic rings. The molecular formula is C30H26F2N2O2. The summed E-state index contributed by atoms with van der Waals surface area (Å²) >= 11 is 0. The molecule has 0 aliphatic heterocycles. The summed E-state index contributed by atoms with van der Waals surface area (Å²) in [7, 11) is 1.76. The van der Waals surface area contributed by atoms with Gasteiger partial charge in [-0.25, -0.2) is 8.78 Å². The van der Waals surface area contributed by atoms with Gasteiger partial charge >= 0.3 is 0 Å². The highest BCUT2D eigenvalue weighted by Crippen LogP contribution is 2.23. The predicted octanol–water partition coefficient (Wildman–Crippen LogP) is 6.01. The van der Waals surface area contributed by atoms with Crippen molar-refractivity contribution in [3.8, 4) is 0 Å². The van der Waals surface area contributed by atoms with Crippen LogP contribution >= 0.6 is 0 Å². The van der Waals surface area contributed by atoms with Crippen molar-refractivity contribution in [2.75, 3.05) is 11.9 Å². The summed E-state index contributed by atoms with van der Waals surface area (Å²) in [4.78, 5) is 29.5. The van der Waals surface area contributed by atoms with Crippen molar-refractivity contribution < 1.29 is 18.4 Å². The Morgan fingerprint density at radius 2 is 1.33 bits per heavy atom. The van der Waals surface area contributed by atoms with Gasteiger partial charge in [-0.3, -0.25) is 9.59 Å². The third-order valence-corrected chi connectivity index (χ3v) is 5.84. The monoisotopic (exact) mass is 484 g/mol. The zero-order valence-electron chi connectivity index (χ0n) is 19.9. The van der Waals surface area contributed by atoms with Crippen molar-refractivity contribution in [3.05, 3.63) is 137 Å². The number of hydrogen-bond acceptors (Lipinski definition) is 2. The van der Waals surface area contributed by atoms with Gasteiger partial charge < -0.3 is 9.80 Å². The minimum Gasteiger partial charge on any atom is -0.341 e. The maximum atomic E-state index is 13.8. The Morgan fingerprint density at radius 1 is 0.667 bits per heavy atom. The minimum absolute atomic E-state index is 0.0578. The molecule has 0 fully saturated rings. The first kappa shape index (κ1) is 24.8. The Balaban J connectivity index is 1.58. The number of amides is 2. The quantitative estimate of drug-likeness (QED) is 0.307. The average Bonchev–Trinajstić information content (AvgIpc) is 2.88. The first-order chi connectivity index (χ1) is 17.4. The van der Waals surface area contributed by atoms with Gasteiger partial charge in [0, 0.05) is 24.8 Å². The van der Waals surface area contributed by atoms with E-state index >= 15 is 0 Å². The highest BCUT2D eigenvalue weighted by atomic mass is 19.1. The minimum atomic E-state index is -0.511. The van der Waals surface area contributed by atoms with Crippen LogP contribution in [0, 0.1) is 11.6 Å². The second-order valence-corrected chi connectivity index (χ2v) is 8.61. The molecule has 0 aliphatic rings. The van der Waals surface area contributed by atoms with E-state index in [0.717, 1.165) is 11.1 Å². The summed E-state index contributed by atoms with van der Waals surface area (Å²) in [5.41, 5.74) is 3.25. The molecule has 4 aromatic carbocycles. The molecule has 36 heavy (non-hydrogen) atoms. The summed E-state index contributed by atoms with van der Waals surface area (Å²) in [6.07, 6.45) is 0.162. The number of halogens is 2. The van der Waals surface area contributed by atoms with Gasteiger partial charge in [-0.2, -0.15) is 0 Å². The van der Waals surface area contributed by atoms with Gasteiger partial charge in [0.05, 0.1) is 13.0 Å². The number of rotatable bonds is 8. The van der Waals surface area contributed by atoms with Gasteiger partial charge in [0.25, 0.3) is 5.91 Å². The van der Waals surface area contributed by atoms with Crippen molar-refractivity contribution in [1.82, 2.24) is 4.90 Å². The lowest BCUT2D eigenvalue weighted by Gasteiger charge is -2.24. The van der Waals surface area contributed by atoms with Crippen LogP contribution in [0.4, 0.5) is 14.5 Å². The van der Waals surface area contributed by atoms with Crippen LogP contribution in [0.25, 0.3) is 0 Å². The maximum absolute atomic E-state index is 13.8. The third-order valence-electron chi connectivity index (χ3n) is 5.84. The van der Waals surface area contributed by atoms with Gasteiger partial charge in [0.2, 0.25) is 5.91 Å². The number of carbonyl (C=O) groups excluding carboxylic acids is 2. The second-order valence-electron chi connectivity index (χ2n) is 8.61. The van der Waals surface area contributed by atoms with Gasteiger partial charge in [-0.05, 0) is 59.2 Å². The zero-order chi connectivity index (χ0) is 25.5. The lowest BCUT2D eigenvalue weighted by atomic mass is 10.1. The molecule has 0 aromatic heterocycles. The van der Waals surface area contributed by atoms with Gasteiger partial charge in [-0.1, -0.05) is 60.7 Å². The molecule has 0 N–H and O–H groups in total. The first-order valence-corrected chi connectivity index (χ1v) is 11.6. The summed E-state index contributed by atoms with van der Waals surface area (Å²) in [6, 6.07) is 28.3. The number of benzene rings is 4. The van der Waals surface area contributed by atoms with Crippen LogP contribution in [0.2, 0.25) is 0 Å². The lowest BCUT2D eigenvalue weighted by molar-refractivity contribution is -0.129. The molecule has 0 radical (unpaired) electrons. The van der Waals surface area contributed by atoms with E-state index < -0.39 is 11.7 Å². The Morgan fingerprint density at radius 3 is 2.06 bits per heavy atom. The smallest absolute Gasteiger partial charge is 0.258 e. The van der Waals surface area contributed by atoms with Crippen molar-refractivity contribution in [1.29, 1.82) is 0 Å². The number of likely N-dealkylation sites (N-methyl/N-ethyl adjacent to an activating group) is 1. The van der Waals surface area contributed by atoms with E-state index in [-0.39, 0.29) is 30.3 Å². The van der Waals surface area contributed by atoms with Crippen molar-refractivity contribution in [2.45, 2.75) is 19.5 Å². The van der Waals surface area contributed by atoms with Crippen LogP contribution in [0.15, 0.2) is 103 Å². The fourth-order valence-corrected chi connectivity index (χ4v) is 3.92. The Labute approximate surface area is 209 Å². The number of nitrogens with zero attached hydrogens (tertiary/aromatic N) is 2. The average molecular weight is 485 g/mol. The molecule has 0 spiro atoms. The molecular weight excluding hydrogens is 458 g/mol. The van der Waals surface area contributed by atoms with Gasteiger partial charge in [0.15, 0.2) is 0 Å². The van der Waals surface area contributed by atoms with Crippen LogP contribution < -0.4 is 4.90 Å². The Hall–Kier alpha value is -4.32. The molecule has 2 amide bonds. The summed E-state index contributed by atoms with van der Waals surface area (Å²) < 4.78 is 27.3. The lowest BCUT2D eigenvalue weighted by Crippen LogP contribution is -2.31. The molecule has 0 bridgehead atoms. The fraction of sp³-hybridized carbons (Fsp3) is 0.133. The molecule has 4 rings (SSSR count). The van der Waals surface area contributed by atoms with Crippen LogP contribution in [0.5, 0.6) is 0 Å². The molecule has 6 heteroatoms. The molecule has 0 saturated carbocycles. The van der Waals surface area contributed by atoms with E-state index in [1.165, 1.54) is 35.2 Å². The van der Waals surface area contributed by atoms with Crippen molar-refractivity contribution >= 4 is 17.5 Å². The second kappa shape index (κ2) is 11.4. The molecule has 182 valence electrons. The molecule has 0 unspecified atom stereocenters. The maximum Gasteiger partial charge on any atom is 0.258 e. The van der Waals surface area contributed by atoms with E-state index in [9.17, 15) is 18.4 Å². The van der Waals surface area contributed by atoms with Crippen molar-refractivity contribution in [3.63, 3.8) is 0 Å². The topological polar surface area (TPSA) is 40.6 Å². The van der Waals surface area contributed by atoms with E-state index in [1.807, 2.05) is 36.4 Å². The summed E-state index contributed by atoms with van der Waals surface area (Å²) in [6.45, 7) is 0.648. The predicted molar refractivity (Wildman–Crippen MR) is 136 cm³/mol. The van der Waals surface area contributed by atoms with Crippen LogP contribution in [0.1, 0.15) is 27.0 Å². The van der Waals surface area contributed by atoms with Gasteiger partial charge in [0.1, 0.15) is 11.6 Å². The Kier molecular flexibility index (Phi) is 7.85. The largest absolute Gasteiger partial charge is 0.341 e. The van der Waals surface area contributed by atoms with Crippen molar-refractivity contribution in [2.24, 2.45) is 0 Å². The highest BCUT2D eigenvalue weighted by molar-refractivity contribution is 6.06. The van der Waals surface area contributed by atoms with E-state index in [2.05, 4.69) is 0 Å². The molecule has 0 atom stereocenters. The summed E-state index contributed by atoms with van der Waals surface area (Å²) in [5, 5.41) is 0. The van der Waals surface area contributed by atoms with E-state index in [4.69, 9.17) is 0 Å². The first-order valence-electron chi connectivity index (χ1n) is 11.6. The molecule has 0 aliphatic carbocycles. The standard InChI is InChI=1S/C30H26F2N2O2/c1-33(20-22-7-3-2-4-8-22)29(35)18-24-9-5-12-28(17-24)34(21-23-13-15-26(31)16-14-23)30(36)25-10-6-11-27(32)19-25/h2-17,19H,18,20-21H2,1H3. The highest BCUT2D eigenvalue weighted by Gasteiger charge is 2.20.